The maximum atomic E-state index is 12.2. The van der Waals surface area contributed by atoms with Gasteiger partial charge in [-0.2, -0.15) is 4.72 Å². The van der Waals surface area contributed by atoms with Crippen molar-refractivity contribution in [2.24, 2.45) is 0 Å². The van der Waals surface area contributed by atoms with E-state index in [-0.39, 0.29) is 11.3 Å². The number of carboxylic acids is 1. The molecule has 1 atom stereocenters. The van der Waals surface area contributed by atoms with Crippen molar-refractivity contribution >= 4 is 27.0 Å². The fourth-order valence-electron chi connectivity index (χ4n) is 1.96. The lowest BCUT2D eigenvalue weighted by molar-refractivity contribution is -0.139. The van der Waals surface area contributed by atoms with Gasteiger partial charge in [0.05, 0.1) is 15.9 Å². The number of aromatic nitrogens is 2. The van der Waals surface area contributed by atoms with Gasteiger partial charge < -0.3 is 15.1 Å². The number of hydrogen-bond donors (Lipinski definition) is 4. The smallest absolute Gasteiger partial charge is 0.323 e. The maximum Gasteiger partial charge on any atom is 0.323 e. The first kappa shape index (κ1) is 15.3. The van der Waals surface area contributed by atoms with Crippen molar-refractivity contribution in [3.63, 3.8) is 0 Å². The Labute approximate surface area is 120 Å². The van der Waals surface area contributed by atoms with Crippen molar-refractivity contribution < 1.29 is 18.3 Å². The Morgan fingerprint density at radius 2 is 2.00 bits per heavy atom. The number of fused-ring (bicyclic) bond motifs is 1. The Morgan fingerprint density at radius 3 is 2.62 bits per heavy atom. The third-order valence-corrected chi connectivity index (χ3v) is 4.44. The molecule has 0 spiro atoms. The van der Waals surface area contributed by atoms with Gasteiger partial charge in [-0.1, -0.05) is 13.3 Å². The fraction of sp³-hybridized carbons (Fsp3) is 0.333. The molecule has 114 valence electrons. The van der Waals surface area contributed by atoms with Gasteiger partial charge in [0.1, 0.15) is 6.04 Å². The minimum atomic E-state index is -3.98. The molecule has 8 nitrogen and oxygen atoms in total. The van der Waals surface area contributed by atoms with Crippen molar-refractivity contribution in [3.05, 3.63) is 28.7 Å². The van der Waals surface area contributed by atoms with Crippen LogP contribution in [0.3, 0.4) is 0 Å². The second kappa shape index (κ2) is 5.70. The lowest BCUT2D eigenvalue weighted by atomic mass is 10.2. The number of rotatable bonds is 6. The molecule has 9 heteroatoms. The number of carbonyl (C=O) groups is 1. The molecule has 0 bridgehead atoms. The Bertz CT molecular complexity index is 821. The van der Waals surface area contributed by atoms with Crippen molar-refractivity contribution in [1.29, 1.82) is 0 Å². The summed E-state index contributed by atoms with van der Waals surface area (Å²) in [5, 5.41) is 9.01. The summed E-state index contributed by atoms with van der Waals surface area (Å²) in [6.45, 7) is 1.76. The summed E-state index contributed by atoms with van der Waals surface area (Å²) >= 11 is 0. The van der Waals surface area contributed by atoms with Crippen LogP contribution in [-0.2, 0) is 14.8 Å². The second-order valence-electron chi connectivity index (χ2n) is 4.59. The van der Waals surface area contributed by atoms with Crippen molar-refractivity contribution in [3.8, 4) is 0 Å². The van der Waals surface area contributed by atoms with E-state index >= 15 is 0 Å². The first-order valence-electron chi connectivity index (χ1n) is 6.30. The number of benzene rings is 1. The highest BCUT2D eigenvalue weighted by Crippen LogP contribution is 2.16. The monoisotopic (exact) mass is 313 g/mol. The van der Waals surface area contributed by atoms with Gasteiger partial charge in [0.25, 0.3) is 0 Å². The number of imidazole rings is 1. The van der Waals surface area contributed by atoms with E-state index in [1.54, 1.807) is 6.92 Å². The minimum absolute atomic E-state index is 0.104. The van der Waals surface area contributed by atoms with Gasteiger partial charge >= 0.3 is 11.7 Å². The van der Waals surface area contributed by atoms with Crippen LogP contribution in [0.2, 0.25) is 0 Å². The van der Waals surface area contributed by atoms with Gasteiger partial charge in [-0.25, -0.2) is 13.2 Å². The Morgan fingerprint density at radius 1 is 1.33 bits per heavy atom. The summed E-state index contributed by atoms with van der Waals surface area (Å²) in [6, 6.07) is 2.85. The van der Waals surface area contributed by atoms with E-state index in [9.17, 15) is 18.0 Å². The summed E-state index contributed by atoms with van der Waals surface area (Å²) in [5.41, 5.74) is 0.370. The van der Waals surface area contributed by atoms with Crippen LogP contribution in [0, 0.1) is 0 Å². The molecule has 0 amide bonds. The Balaban J connectivity index is 2.36. The van der Waals surface area contributed by atoms with E-state index in [2.05, 4.69) is 14.7 Å². The van der Waals surface area contributed by atoms with Crippen LogP contribution in [0.15, 0.2) is 27.9 Å². The van der Waals surface area contributed by atoms with E-state index in [4.69, 9.17) is 5.11 Å². The molecular formula is C12H15N3O5S. The quantitative estimate of drug-likeness (QED) is 0.612. The standard InChI is InChI=1S/C12H15N3O5S/c1-2-3-9(11(16)17)15-21(19,20)7-4-5-8-10(6-7)14-12(18)13-8/h4-6,9,15H,2-3H2,1H3,(H,16,17)(H2,13,14,18)/t9-/m0/s1. The molecule has 0 unspecified atom stereocenters. The molecular weight excluding hydrogens is 298 g/mol. The first-order valence-corrected chi connectivity index (χ1v) is 7.79. The molecule has 2 aromatic rings. The molecule has 0 fully saturated rings. The molecule has 1 heterocycles. The summed E-state index contributed by atoms with van der Waals surface area (Å²) in [7, 11) is -3.98. The zero-order chi connectivity index (χ0) is 15.6. The van der Waals surface area contributed by atoms with E-state index in [1.807, 2.05) is 0 Å². The molecule has 0 saturated heterocycles. The molecule has 0 saturated carbocycles. The molecule has 2 rings (SSSR count). The van der Waals surface area contributed by atoms with Crippen LogP contribution in [0.5, 0.6) is 0 Å². The SMILES string of the molecule is CCC[C@H](NS(=O)(=O)c1ccc2[nH]c(=O)[nH]c2c1)C(=O)O. The number of hydrogen-bond acceptors (Lipinski definition) is 4. The van der Waals surface area contributed by atoms with Gasteiger partial charge in [0, 0.05) is 0 Å². The van der Waals surface area contributed by atoms with Crippen LogP contribution in [0.4, 0.5) is 0 Å². The number of carboxylic acid groups (broad SMARTS) is 1. The van der Waals surface area contributed by atoms with Crippen molar-refractivity contribution in [2.75, 3.05) is 0 Å². The van der Waals surface area contributed by atoms with E-state index in [0.717, 1.165) is 0 Å². The maximum absolute atomic E-state index is 12.2. The summed E-state index contributed by atoms with van der Waals surface area (Å²) in [6.07, 6.45) is 0.724. The van der Waals surface area contributed by atoms with Crippen molar-refractivity contribution in [1.82, 2.24) is 14.7 Å². The van der Waals surface area contributed by atoms with E-state index in [0.29, 0.717) is 17.5 Å². The second-order valence-corrected chi connectivity index (χ2v) is 6.30. The largest absolute Gasteiger partial charge is 0.480 e. The minimum Gasteiger partial charge on any atom is -0.480 e. The molecule has 0 aliphatic heterocycles. The summed E-state index contributed by atoms with van der Waals surface area (Å²) in [4.78, 5) is 27.0. The Kier molecular flexibility index (Phi) is 4.14. The zero-order valence-corrected chi connectivity index (χ0v) is 12.0. The fourth-order valence-corrected chi connectivity index (χ4v) is 3.21. The highest BCUT2D eigenvalue weighted by Gasteiger charge is 2.24. The topological polar surface area (TPSA) is 132 Å². The number of nitrogens with one attached hydrogen (secondary N) is 3. The van der Waals surface area contributed by atoms with E-state index in [1.165, 1.54) is 18.2 Å². The molecule has 1 aromatic carbocycles. The summed E-state index contributed by atoms with van der Waals surface area (Å²) < 4.78 is 26.5. The van der Waals surface area contributed by atoms with Gasteiger partial charge in [-0.05, 0) is 24.6 Å². The Hall–Kier alpha value is -2.13. The lowest BCUT2D eigenvalue weighted by Crippen LogP contribution is -2.40. The predicted octanol–water partition coefficient (Wildman–Crippen LogP) is 0.388. The van der Waals surface area contributed by atoms with Gasteiger partial charge in [0.2, 0.25) is 10.0 Å². The van der Waals surface area contributed by atoms with Crippen LogP contribution < -0.4 is 10.4 Å². The normalized spacial score (nSPS) is 13.4. The lowest BCUT2D eigenvalue weighted by Gasteiger charge is -2.13. The average molecular weight is 313 g/mol. The van der Waals surface area contributed by atoms with E-state index < -0.39 is 27.7 Å². The summed E-state index contributed by atoms with van der Waals surface area (Å²) in [5.74, 6) is -1.23. The first-order chi connectivity index (χ1) is 9.83. The third-order valence-electron chi connectivity index (χ3n) is 2.97. The number of sulfonamides is 1. The number of aromatic amines is 2. The molecule has 21 heavy (non-hydrogen) atoms. The van der Waals surface area contributed by atoms with Gasteiger partial charge in [-0.3, -0.25) is 4.79 Å². The van der Waals surface area contributed by atoms with Gasteiger partial charge in [-0.15, -0.1) is 0 Å². The van der Waals surface area contributed by atoms with Crippen LogP contribution >= 0.6 is 0 Å². The zero-order valence-electron chi connectivity index (χ0n) is 11.2. The predicted molar refractivity (Wildman–Crippen MR) is 75.6 cm³/mol. The van der Waals surface area contributed by atoms with Crippen LogP contribution in [0.1, 0.15) is 19.8 Å². The van der Waals surface area contributed by atoms with Crippen LogP contribution in [-0.4, -0.2) is 35.5 Å². The average Bonchev–Trinajstić information content (AvgIpc) is 2.76. The highest BCUT2D eigenvalue weighted by molar-refractivity contribution is 7.89. The molecule has 0 aliphatic rings. The number of H-pyrrole nitrogens is 2. The molecule has 4 N–H and O–H groups in total. The highest BCUT2D eigenvalue weighted by atomic mass is 32.2. The third kappa shape index (κ3) is 3.31. The van der Waals surface area contributed by atoms with Crippen LogP contribution in [0.25, 0.3) is 11.0 Å². The number of aliphatic carboxylic acids is 1. The molecule has 1 aromatic heterocycles. The molecule has 0 aliphatic carbocycles. The van der Waals surface area contributed by atoms with Gasteiger partial charge in [0.15, 0.2) is 0 Å². The molecule has 0 radical (unpaired) electrons. The van der Waals surface area contributed by atoms with Crippen molar-refractivity contribution in [2.45, 2.75) is 30.7 Å².